The van der Waals surface area contributed by atoms with Crippen LogP contribution in [0.5, 0.6) is 5.75 Å². The third-order valence-electron chi connectivity index (χ3n) is 5.61. The molecule has 0 bridgehead atoms. The minimum atomic E-state index is -0.581. The summed E-state index contributed by atoms with van der Waals surface area (Å²) in [5.74, 6) is -0.994. The third-order valence-corrected chi connectivity index (χ3v) is 7.25. The van der Waals surface area contributed by atoms with Gasteiger partial charge in [0.25, 0.3) is 11.8 Å². The Kier molecular flexibility index (Phi) is 7.53. The number of halogens is 1. The van der Waals surface area contributed by atoms with Crippen molar-refractivity contribution in [1.29, 1.82) is 0 Å². The highest BCUT2D eigenvalue weighted by Crippen LogP contribution is 2.36. The average Bonchev–Trinajstić information content (AvgIpc) is 3.58. The van der Waals surface area contributed by atoms with E-state index >= 15 is 0 Å². The molecule has 5 aromatic rings. The van der Waals surface area contributed by atoms with Gasteiger partial charge in [-0.05, 0) is 67.1 Å². The lowest BCUT2D eigenvalue weighted by atomic mass is 10.2. The molecule has 2 heterocycles. The van der Waals surface area contributed by atoms with Crippen LogP contribution in [0.15, 0.2) is 94.6 Å². The van der Waals surface area contributed by atoms with Crippen LogP contribution in [-0.2, 0) is 0 Å². The number of ether oxygens (including phenoxy) is 1. The zero-order valence-electron chi connectivity index (χ0n) is 20.4. The van der Waals surface area contributed by atoms with Crippen LogP contribution in [0.1, 0.15) is 41.7 Å². The number of para-hydroxylation sites is 1. The van der Waals surface area contributed by atoms with Gasteiger partial charge in [-0.15, -0.1) is 11.3 Å². The summed E-state index contributed by atoms with van der Waals surface area (Å²) in [6.45, 7) is 1.97. The van der Waals surface area contributed by atoms with Crippen LogP contribution >= 0.6 is 22.9 Å². The van der Waals surface area contributed by atoms with Gasteiger partial charge in [-0.1, -0.05) is 35.9 Å². The molecule has 0 spiro atoms. The molecule has 0 atom stereocenters. The molecule has 0 aliphatic heterocycles. The van der Waals surface area contributed by atoms with Crippen LogP contribution < -0.4 is 15.5 Å². The highest BCUT2D eigenvalue weighted by Gasteiger charge is 2.20. The first-order valence-electron chi connectivity index (χ1n) is 11.7. The van der Waals surface area contributed by atoms with Crippen molar-refractivity contribution < 1.29 is 23.5 Å². The summed E-state index contributed by atoms with van der Waals surface area (Å²) in [7, 11) is 0. The van der Waals surface area contributed by atoms with Crippen molar-refractivity contribution in [2.45, 2.75) is 6.92 Å². The Morgan fingerprint density at radius 2 is 1.77 bits per heavy atom. The molecule has 2 amide bonds. The van der Waals surface area contributed by atoms with Crippen molar-refractivity contribution in [3.8, 4) is 5.75 Å². The fraction of sp³-hybridized carbons (Fsp3) is 0.0345. The molecule has 3 aromatic carbocycles. The topological polar surface area (TPSA) is 110 Å². The van der Waals surface area contributed by atoms with Crippen LogP contribution in [0.2, 0.25) is 5.02 Å². The SMILES string of the molecule is Cc1ccc2c(Cl)c(C(=O)Oc3ccccc3/C=N\NC(=O)c3ccc(NC(=O)c4ccco4)cc3)sc2c1. The summed E-state index contributed by atoms with van der Waals surface area (Å²) in [6, 6.07) is 22.0. The van der Waals surface area contributed by atoms with Crippen LogP contribution in [0, 0.1) is 6.92 Å². The number of hydrazone groups is 1. The Balaban J connectivity index is 1.23. The zero-order valence-corrected chi connectivity index (χ0v) is 22.0. The predicted octanol–water partition coefficient (Wildman–Crippen LogP) is 6.69. The van der Waals surface area contributed by atoms with Gasteiger partial charge in [0.2, 0.25) is 0 Å². The molecule has 5 rings (SSSR count). The Hall–Kier alpha value is -4.73. The van der Waals surface area contributed by atoms with E-state index < -0.39 is 17.8 Å². The Morgan fingerprint density at radius 3 is 2.54 bits per heavy atom. The number of furan rings is 1. The van der Waals surface area contributed by atoms with Gasteiger partial charge in [0.1, 0.15) is 10.6 Å². The summed E-state index contributed by atoms with van der Waals surface area (Å²) in [4.78, 5) is 37.8. The van der Waals surface area contributed by atoms with Crippen LogP contribution in [-0.4, -0.2) is 24.0 Å². The van der Waals surface area contributed by atoms with Gasteiger partial charge in [-0.3, -0.25) is 9.59 Å². The standard InChI is InChI=1S/C29H20ClN3O5S/c1-17-8-13-21-24(15-17)39-26(25(21)30)29(36)38-22-6-3-2-5-19(22)16-31-33-27(34)18-9-11-20(12-10-18)32-28(35)23-7-4-14-37-23/h2-16H,1H3,(H,32,35)(H,33,34)/b31-16-. The average molecular weight is 558 g/mol. The van der Waals surface area contributed by atoms with Gasteiger partial charge in [0.05, 0.1) is 17.5 Å². The summed E-state index contributed by atoms with van der Waals surface area (Å²) in [5, 5.41) is 7.83. The number of benzene rings is 3. The van der Waals surface area contributed by atoms with Crippen LogP contribution in [0.25, 0.3) is 10.1 Å². The van der Waals surface area contributed by atoms with Crippen molar-refractivity contribution in [2.24, 2.45) is 5.10 Å². The van der Waals surface area contributed by atoms with E-state index in [1.807, 2.05) is 25.1 Å². The summed E-state index contributed by atoms with van der Waals surface area (Å²) in [6.07, 6.45) is 2.79. The molecule has 0 saturated carbocycles. The van der Waals surface area contributed by atoms with E-state index in [-0.39, 0.29) is 11.5 Å². The first-order valence-corrected chi connectivity index (χ1v) is 12.9. The smallest absolute Gasteiger partial charge is 0.355 e. The summed E-state index contributed by atoms with van der Waals surface area (Å²) >= 11 is 7.72. The molecule has 194 valence electrons. The molecule has 10 heteroatoms. The maximum Gasteiger partial charge on any atom is 0.355 e. The van der Waals surface area contributed by atoms with Gasteiger partial charge < -0.3 is 14.5 Å². The number of carbonyl (C=O) groups excluding carboxylic acids is 3. The quantitative estimate of drug-likeness (QED) is 0.100. The lowest BCUT2D eigenvalue weighted by Crippen LogP contribution is -2.18. The number of nitrogens with one attached hydrogen (secondary N) is 2. The number of thiophene rings is 1. The van der Waals surface area contributed by atoms with Gasteiger partial charge in [0, 0.05) is 26.9 Å². The Labute approximate surface area is 231 Å². The van der Waals surface area contributed by atoms with Crippen molar-refractivity contribution in [3.05, 3.63) is 117 Å². The number of anilines is 1. The molecule has 2 aromatic heterocycles. The van der Waals surface area contributed by atoms with Crippen LogP contribution in [0.4, 0.5) is 5.69 Å². The molecule has 0 fully saturated rings. The molecule has 2 N–H and O–H groups in total. The second-order valence-electron chi connectivity index (χ2n) is 8.38. The maximum absolute atomic E-state index is 12.9. The lowest BCUT2D eigenvalue weighted by molar-refractivity contribution is 0.0739. The van der Waals surface area contributed by atoms with E-state index in [1.165, 1.54) is 23.8 Å². The maximum atomic E-state index is 12.9. The minimum Gasteiger partial charge on any atom is -0.459 e. The number of carbonyl (C=O) groups is 3. The third kappa shape index (κ3) is 5.90. The number of nitrogens with zero attached hydrogens (tertiary/aromatic N) is 1. The fourth-order valence-corrected chi connectivity index (χ4v) is 5.14. The van der Waals surface area contributed by atoms with Crippen molar-refractivity contribution in [3.63, 3.8) is 0 Å². The van der Waals surface area contributed by atoms with E-state index in [2.05, 4.69) is 15.8 Å². The Bertz CT molecular complexity index is 1710. The number of hydrogen-bond donors (Lipinski definition) is 2. The van der Waals surface area contributed by atoms with Gasteiger partial charge in [0.15, 0.2) is 5.76 Å². The predicted molar refractivity (Wildman–Crippen MR) is 151 cm³/mol. The minimum absolute atomic E-state index is 0.180. The first kappa shape index (κ1) is 25.9. The van der Waals surface area contributed by atoms with Crippen molar-refractivity contribution in [2.75, 3.05) is 5.32 Å². The van der Waals surface area contributed by atoms with E-state index in [4.69, 9.17) is 20.8 Å². The number of esters is 1. The lowest BCUT2D eigenvalue weighted by Gasteiger charge is -2.07. The second kappa shape index (κ2) is 11.3. The molecule has 8 nitrogen and oxygen atoms in total. The molecule has 0 saturated heterocycles. The Morgan fingerprint density at radius 1 is 0.974 bits per heavy atom. The zero-order chi connectivity index (χ0) is 27.4. The van der Waals surface area contributed by atoms with Crippen molar-refractivity contribution >= 4 is 62.7 Å². The van der Waals surface area contributed by atoms with E-state index in [1.54, 1.807) is 60.7 Å². The molecule has 0 radical (unpaired) electrons. The van der Waals surface area contributed by atoms with Crippen LogP contribution in [0.3, 0.4) is 0 Å². The van der Waals surface area contributed by atoms with Crippen molar-refractivity contribution in [1.82, 2.24) is 5.43 Å². The van der Waals surface area contributed by atoms with E-state index in [0.29, 0.717) is 26.7 Å². The van der Waals surface area contributed by atoms with Gasteiger partial charge >= 0.3 is 5.97 Å². The monoisotopic (exact) mass is 557 g/mol. The van der Waals surface area contributed by atoms with Gasteiger partial charge in [-0.25, -0.2) is 10.2 Å². The number of fused-ring (bicyclic) bond motifs is 1. The van der Waals surface area contributed by atoms with E-state index in [0.717, 1.165) is 15.6 Å². The number of rotatable bonds is 7. The number of hydrogen-bond acceptors (Lipinski definition) is 7. The molecule has 39 heavy (non-hydrogen) atoms. The highest BCUT2D eigenvalue weighted by molar-refractivity contribution is 7.21. The highest BCUT2D eigenvalue weighted by atomic mass is 35.5. The summed E-state index contributed by atoms with van der Waals surface area (Å²) < 4.78 is 11.6. The number of aryl methyl sites for hydroxylation is 1. The normalized spacial score (nSPS) is 11.0. The first-order chi connectivity index (χ1) is 18.9. The van der Waals surface area contributed by atoms with E-state index in [9.17, 15) is 14.4 Å². The van der Waals surface area contributed by atoms with Gasteiger partial charge in [-0.2, -0.15) is 5.10 Å². The summed E-state index contributed by atoms with van der Waals surface area (Å²) in [5.41, 5.74) is 4.82. The molecular formula is C29H20ClN3O5S. The molecule has 0 unspecified atom stereocenters. The molecule has 0 aliphatic carbocycles. The molecule has 0 aliphatic rings. The fourth-order valence-electron chi connectivity index (χ4n) is 3.66. The second-order valence-corrected chi connectivity index (χ2v) is 9.81. The molecular weight excluding hydrogens is 538 g/mol. The largest absolute Gasteiger partial charge is 0.459 e. The number of amides is 2.